The summed E-state index contributed by atoms with van der Waals surface area (Å²) in [5.74, 6) is 0.672. The van der Waals surface area contributed by atoms with Crippen molar-refractivity contribution in [2.75, 3.05) is 50.8 Å². The number of ether oxygens (including phenoxy) is 1. The second-order valence-corrected chi connectivity index (χ2v) is 6.17. The molecule has 0 aliphatic carbocycles. The van der Waals surface area contributed by atoms with Crippen molar-refractivity contribution in [2.45, 2.75) is 6.42 Å². The number of rotatable bonds is 3. The van der Waals surface area contributed by atoms with Gasteiger partial charge in [-0.1, -0.05) is 11.6 Å². The van der Waals surface area contributed by atoms with Gasteiger partial charge in [0.2, 0.25) is 0 Å². The highest BCUT2D eigenvalue weighted by Crippen LogP contribution is 2.23. The Kier molecular flexibility index (Phi) is 4.47. The summed E-state index contributed by atoms with van der Waals surface area (Å²) in [5, 5.41) is 4.33. The van der Waals surface area contributed by atoms with Crippen LogP contribution in [0.1, 0.15) is 6.42 Å². The van der Waals surface area contributed by atoms with Gasteiger partial charge in [0, 0.05) is 46.4 Å². The van der Waals surface area contributed by atoms with Crippen molar-refractivity contribution in [2.24, 2.45) is 13.0 Å². The van der Waals surface area contributed by atoms with Gasteiger partial charge in [-0.25, -0.2) is 4.68 Å². The smallest absolute Gasteiger partial charge is 0.287 e. The van der Waals surface area contributed by atoms with Gasteiger partial charge in [-0.15, -0.1) is 0 Å². The number of nitrogens with zero attached hydrogens (tertiary/aromatic N) is 4. The highest BCUT2D eigenvalue weighted by atomic mass is 35.5. The zero-order valence-corrected chi connectivity index (χ0v) is 13.1. The van der Waals surface area contributed by atoms with Crippen LogP contribution in [-0.2, 0) is 11.8 Å². The second kappa shape index (κ2) is 6.34. The summed E-state index contributed by atoms with van der Waals surface area (Å²) in [6.07, 6.45) is 2.86. The molecule has 0 saturated carbocycles. The summed E-state index contributed by atoms with van der Waals surface area (Å²) >= 11 is 6.16. The minimum atomic E-state index is -0.236. The maximum absolute atomic E-state index is 11.8. The van der Waals surface area contributed by atoms with Gasteiger partial charge in [0.25, 0.3) is 5.56 Å². The number of hydrogen-bond donors (Lipinski definition) is 0. The van der Waals surface area contributed by atoms with Gasteiger partial charge in [-0.3, -0.25) is 9.69 Å². The van der Waals surface area contributed by atoms with Crippen molar-refractivity contribution in [3.8, 4) is 0 Å². The van der Waals surface area contributed by atoms with Crippen molar-refractivity contribution in [3.63, 3.8) is 0 Å². The van der Waals surface area contributed by atoms with Crippen molar-refractivity contribution >= 4 is 17.3 Å². The number of hydrogen-bond acceptors (Lipinski definition) is 5. The molecule has 0 spiro atoms. The SMILES string of the molecule is Cn1ncc(N2CCN(CC3CCOC3)CC2)c(Cl)c1=O. The highest BCUT2D eigenvalue weighted by molar-refractivity contribution is 6.33. The number of halogens is 1. The Hall–Kier alpha value is -1.11. The van der Waals surface area contributed by atoms with Crippen LogP contribution < -0.4 is 10.5 Å². The molecule has 2 aliphatic rings. The molecule has 2 aliphatic heterocycles. The molecule has 1 aromatic rings. The van der Waals surface area contributed by atoms with E-state index in [2.05, 4.69) is 14.9 Å². The van der Waals surface area contributed by atoms with Gasteiger partial charge < -0.3 is 9.64 Å². The molecule has 3 rings (SSSR count). The molecule has 2 saturated heterocycles. The van der Waals surface area contributed by atoms with Crippen molar-refractivity contribution < 1.29 is 4.74 Å². The number of aromatic nitrogens is 2. The fourth-order valence-corrected chi connectivity index (χ4v) is 3.28. The largest absolute Gasteiger partial charge is 0.381 e. The Morgan fingerprint density at radius 3 is 2.81 bits per heavy atom. The lowest BCUT2D eigenvalue weighted by Gasteiger charge is -2.37. The molecule has 6 nitrogen and oxygen atoms in total. The lowest BCUT2D eigenvalue weighted by Crippen LogP contribution is -2.48. The standard InChI is InChI=1S/C14H21ClN4O2/c1-17-14(20)13(15)12(8-16-17)19-5-3-18(4-6-19)9-11-2-7-21-10-11/h8,11H,2-7,9-10H2,1H3. The molecule has 0 aromatic carbocycles. The Morgan fingerprint density at radius 2 is 2.14 bits per heavy atom. The molecule has 1 unspecified atom stereocenters. The first-order valence-electron chi connectivity index (χ1n) is 7.42. The van der Waals surface area contributed by atoms with Crippen LogP contribution >= 0.6 is 11.6 Å². The van der Waals surface area contributed by atoms with E-state index < -0.39 is 0 Å². The van der Waals surface area contributed by atoms with Crippen LogP contribution in [0.15, 0.2) is 11.0 Å². The molecule has 21 heavy (non-hydrogen) atoms. The maximum atomic E-state index is 11.8. The second-order valence-electron chi connectivity index (χ2n) is 5.79. The van der Waals surface area contributed by atoms with E-state index in [9.17, 15) is 4.79 Å². The van der Waals surface area contributed by atoms with E-state index in [1.165, 1.54) is 11.1 Å². The van der Waals surface area contributed by atoms with E-state index >= 15 is 0 Å². The van der Waals surface area contributed by atoms with E-state index in [-0.39, 0.29) is 10.6 Å². The van der Waals surface area contributed by atoms with Crippen LogP contribution in [0.25, 0.3) is 0 Å². The Balaban J connectivity index is 1.60. The van der Waals surface area contributed by atoms with Crippen molar-refractivity contribution in [1.82, 2.24) is 14.7 Å². The first kappa shape index (κ1) is 14.8. The van der Waals surface area contributed by atoms with Crippen molar-refractivity contribution in [1.29, 1.82) is 0 Å². The Labute approximate surface area is 129 Å². The third-order valence-electron chi connectivity index (χ3n) is 4.31. The Morgan fingerprint density at radius 1 is 1.38 bits per heavy atom. The predicted octanol–water partition coefficient (Wildman–Crippen LogP) is 0.592. The molecule has 3 heterocycles. The minimum absolute atomic E-state index is 0.236. The van der Waals surface area contributed by atoms with E-state index in [1.54, 1.807) is 13.2 Å². The molecule has 2 fully saturated rings. The van der Waals surface area contributed by atoms with Gasteiger partial charge in [0.15, 0.2) is 0 Å². The molecular weight excluding hydrogens is 292 g/mol. The average Bonchev–Trinajstić information content (AvgIpc) is 2.99. The zero-order valence-electron chi connectivity index (χ0n) is 12.3. The van der Waals surface area contributed by atoms with Crippen LogP contribution in [0.2, 0.25) is 5.02 Å². The average molecular weight is 313 g/mol. The molecule has 0 N–H and O–H groups in total. The quantitative estimate of drug-likeness (QED) is 0.818. The summed E-state index contributed by atoms with van der Waals surface area (Å²) in [5.41, 5.74) is 0.517. The fourth-order valence-electron chi connectivity index (χ4n) is 2.99. The van der Waals surface area contributed by atoms with E-state index in [4.69, 9.17) is 16.3 Å². The molecule has 116 valence electrons. The topological polar surface area (TPSA) is 50.6 Å². The fraction of sp³-hybridized carbons (Fsp3) is 0.714. The molecule has 1 atom stereocenters. The first-order chi connectivity index (χ1) is 10.1. The third kappa shape index (κ3) is 3.22. The lowest BCUT2D eigenvalue weighted by atomic mass is 10.1. The summed E-state index contributed by atoms with van der Waals surface area (Å²) in [6.45, 7) is 6.63. The molecule has 0 bridgehead atoms. The number of aryl methyl sites for hydroxylation is 1. The van der Waals surface area contributed by atoms with Gasteiger partial charge in [0.1, 0.15) is 5.02 Å². The summed E-state index contributed by atoms with van der Waals surface area (Å²) in [4.78, 5) is 16.5. The van der Waals surface area contributed by atoms with Crippen LogP contribution in [0, 0.1) is 5.92 Å². The van der Waals surface area contributed by atoms with Crippen LogP contribution in [0.5, 0.6) is 0 Å². The van der Waals surface area contributed by atoms with Crippen LogP contribution in [0.3, 0.4) is 0 Å². The lowest BCUT2D eigenvalue weighted by molar-refractivity contribution is 0.164. The van der Waals surface area contributed by atoms with Crippen LogP contribution in [0.4, 0.5) is 5.69 Å². The predicted molar refractivity (Wildman–Crippen MR) is 82.1 cm³/mol. The van der Waals surface area contributed by atoms with Gasteiger partial charge >= 0.3 is 0 Å². The normalized spacial score (nSPS) is 23.7. The van der Waals surface area contributed by atoms with Crippen LogP contribution in [-0.4, -0.2) is 60.6 Å². The maximum Gasteiger partial charge on any atom is 0.287 e. The zero-order chi connectivity index (χ0) is 14.8. The molecule has 0 radical (unpaired) electrons. The monoisotopic (exact) mass is 312 g/mol. The molecule has 1 aromatic heterocycles. The molecule has 7 heteroatoms. The molecule has 0 amide bonds. The van der Waals surface area contributed by atoms with E-state index in [1.807, 2.05) is 0 Å². The van der Waals surface area contributed by atoms with E-state index in [0.29, 0.717) is 5.92 Å². The number of piperazine rings is 1. The summed E-state index contributed by atoms with van der Waals surface area (Å²) in [6, 6.07) is 0. The highest BCUT2D eigenvalue weighted by Gasteiger charge is 2.24. The summed E-state index contributed by atoms with van der Waals surface area (Å²) in [7, 11) is 1.61. The van der Waals surface area contributed by atoms with Gasteiger partial charge in [-0.05, 0) is 12.3 Å². The van der Waals surface area contributed by atoms with Gasteiger partial charge in [-0.2, -0.15) is 5.10 Å². The summed E-state index contributed by atoms with van der Waals surface area (Å²) < 4.78 is 6.70. The van der Waals surface area contributed by atoms with Gasteiger partial charge in [0.05, 0.1) is 18.5 Å². The first-order valence-corrected chi connectivity index (χ1v) is 7.80. The minimum Gasteiger partial charge on any atom is -0.381 e. The Bertz CT molecular complexity index is 548. The van der Waals surface area contributed by atoms with Crippen molar-refractivity contribution in [3.05, 3.63) is 21.6 Å². The number of anilines is 1. The third-order valence-corrected chi connectivity index (χ3v) is 4.67. The molecular formula is C14H21ClN4O2. The van der Waals surface area contributed by atoms with E-state index in [0.717, 1.165) is 51.6 Å².